The number of ether oxygens (including phenoxy) is 1. The molecule has 2 aromatic heterocycles. The van der Waals surface area contributed by atoms with Gasteiger partial charge in [0.2, 0.25) is 0 Å². The number of amides is 1. The van der Waals surface area contributed by atoms with Crippen LogP contribution >= 0.6 is 0 Å². The molecule has 140 valence electrons. The molecule has 0 aliphatic carbocycles. The maximum absolute atomic E-state index is 12.6. The first-order chi connectivity index (χ1) is 13.2. The number of carbonyl (C=O) groups is 1. The van der Waals surface area contributed by atoms with Crippen molar-refractivity contribution in [3.63, 3.8) is 0 Å². The minimum absolute atomic E-state index is 0.0957. The highest BCUT2D eigenvalue weighted by atomic mass is 16.5. The fourth-order valence-corrected chi connectivity index (χ4v) is 3.13. The van der Waals surface area contributed by atoms with Crippen LogP contribution in [0.3, 0.4) is 0 Å². The van der Waals surface area contributed by atoms with Crippen LogP contribution in [-0.4, -0.2) is 70.2 Å². The molecule has 1 saturated heterocycles. The van der Waals surface area contributed by atoms with Gasteiger partial charge in [0, 0.05) is 33.2 Å². The van der Waals surface area contributed by atoms with E-state index in [4.69, 9.17) is 4.74 Å². The van der Waals surface area contributed by atoms with E-state index in [1.165, 1.54) is 6.20 Å². The van der Waals surface area contributed by atoms with Crippen molar-refractivity contribution < 1.29 is 9.53 Å². The van der Waals surface area contributed by atoms with E-state index in [0.717, 1.165) is 24.1 Å². The average Bonchev–Trinajstić information content (AvgIpc) is 3.15. The van der Waals surface area contributed by atoms with Gasteiger partial charge in [-0.3, -0.25) is 9.78 Å². The fraction of sp³-hybridized carbons (Fsp3) is 0.368. The highest BCUT2D eigenvalue weighted by molar-refractivity contribution is 5.92. The number of morpholine rings is 1. The quantitative estimate of drug-likeness (QED) is 0.680. The summed E-state index contributed by atoms with van der Waals surface area (Å²) in [6, 6.07) is 8.06. The smallest absolute Gasteiger partial charge is 0.274 e. The topological polar surface area (TPSA) is 76.4 Å². The fourth-order valence-electron chi connectivity index (χ4n) is 3.13. The summed E-state index contributed by atoms with van der Waals surface area (Å²) >= 11 is 0. The van der Waals surface area contributed by atoms with Crippen molar-refractivity contribution in [1.29, 1.82) is 0 Å². The molecule has 1 amide bonds. The molecule has 0 radical (unpaired) electrons. The van der Waals surface area contributed by atoms with E-state index in [-0.39, 0.29) is 5.91 Å². The molecule has 0 N–H and O–H groups in total. The summed E-state index contributed by atoms with van der Waals surface area (Å²) in [5.41, 5.74) is 2.46. The molecule has 0 spiro atoms. The van der Waals surface area contributed by atoms with E-state index in [9.17, 15) is 4.79 Å². The van der Waals surface area contributed by atoms with Crippen LogP contribution in [-0.2, 0) is 11.3 Å². The molecule has 0 bridgehead atoms. The van der Waals surface area contributed by atoms with Crippen LogP contribution in [0.15, 0.2) is 43.0 Å². The second-order valence-electron chi connectivity index (χ2n) is 6.52. The van der Waals surface area contributed by atoms with Gasteiger partial charge < -0.3 is 19.1 Å². The molecule has 8 heteroatoms. The normalized spacial score (nSPS) is 14.5. The summed E-state index contributed by atoms with van der Waals surface area (Å²) in [5, 5.41) is 0. The lowest BCUT2D eigenvalue weighted by molar-refractivity contribution is 0.0299. The number of carbonyl (C=O) groups excluding carboxylic acids is 1. The number of para-hydroxylation sites is 2. The Hall–Kier alpha value is -3.00. The van der Waals surface area contributed by atoms with Gasteiger partial charge in [-0.2, -0.15) is 0 Å². The number of imidazole rings is 1. The van der Waals surface area contributed by atoms with Crippen molar-refractivity contribution in [2.45, 2.75) is 6.54 Å². The van der Waals surface area contributed by atoms with Crippen LogP contribution in [0.4, 0.5) is 5.82 Å². The first-order valence-corrected chi connectivity index (χ1v) is 9.02. The molecule has 3 aromatic rings. The summed E-state index contributed by atoms with van der Waals surface area (Å²) in [7, 11) is 1.95. The maximum Gasteiger partial charge on any atom is 0.274 e. The van der Waals surface area contributed by atoms with E-state index in [2.05, 4.69) is 25.6 Å². The molecule has 1 aliphatic heterocycles. The van der Waals surface area contributed by atoms with Gasteiger partial charge in [0.15, 0.2) is 0 Å². The molecule has 1 aliphatic rings. The van der Waals surface area contributed by atoms with E-state index in [1.807, 2.05) is 36.5 Å². The van der Waals surface area contributed by atoms with Gasteiger partial charge in [-0.1, -0.05) is 12.1 Å². The highest BCUT2D eigenvalue weighted by Crippen LogP contribution is 2.14. The number of hydrogen-bond donors (Lipinski definition) is 0. The van der Waals surface area contributed by atoms with Crippen molar-refractivity contribution in [1.82, 2.24) is 24.4 Å². The van der Waals surface area contributed by atoms with Gasteiger partial charge in [-0.25, -0.2) is 9.97 Å². The molecule has 3 heterocycles. The zero-order chi connectivity index (χ0) is 18.6. The molecular weight excluding hydrogens is 344 g/mol. The monoisotopic (exact) mass is 366 g/mol. The second-order valence-corrected chi connectivity index (χ2v) is 6.52. The zero-order valence-corrected chi connectivity index (χ0v) is 15.3. The van der Waals surface area contributed by atoms with Crippen LogP contribution in [0, 0.1) is 0 Å². The lowest BCUT2D eigenvalue weighted by Gasteiger charge is -2.26. The molecule has 0 saturated carbocycles. The number of anilines is 1. The summed E-state index contributed by atoms with van der Waals surface area (Å²) in [6.07, 6.45) is 5.06. The van der Waals surface area contributed by atoms with E-state index >= 15 is 0 Å². The largest absolute Gasteiger partial charge is 0.378 e. The van der Waals surface area contributed by atoms with Crippen LogP contribution in [0.5, 0.6) is 0 Å². The zero-order valence-electron chi connectivity index (χ0n) is 15.3. The number of fused-ring (bicyclic) bond motifs is 1. The van der Waals surface area contributed by atoms with Crippen LogP contribution in [0.2, 0.25) is 0 Å². The van der Waals surface area contributed by atoms with Crippen LogP contribution in [0.1, 0.15) is 10.5 Å². The highest BCUT2D eigenvalue weighted by Gasteiger charge is 2.20. The third-order valence-corrected chi connectivity index (χ3v) is 4.73. The lowest BCUT2D eigenvalue weighted by atomic mass is 10.3. The summed E-state index contributed by atoms with van der Waals surface area (Å²) < 4.78 is 7.41. The Labute approximate surface area is 157 Å². The third-order valence-electron chi connectivity index (χ3n) is 4.73. The Morgan fingerprint density at radius 3 is 2.89 bits per heavy atom. The minimum atomic E-state index is -0.0957. The lowest BCUT2D eigenvalue weighted by Crippen LogP contribution is -2.41. The first-order valence-electron chi connectivity index (χ1n) is 9.02. The number of nitrogens with zero attached hydrogens (tertiary/aromatic N) is 6. The molecule has 1 fully saturated rings. The SMILES string of the molecule is CN(CCn1cnc2ccccc21)c1cncc(C(=O)N2CCOCC2)n1. The Morgan fingerprint density at radius 2 is 2.04 bits per heavy atom. The molecule has 27 heavy (non-hydrogen) atoms. The molecule has 0 atom stereocenters. The Balaban J connectivity index is 1.44. The van der Waals surface area contributed by atoms with Crippen molar-refractivity contribution in [2.75, 3.05) is 44.8 Å². The predicted octanol–water partition coefficient (Wildman–Crippen LogP) is 1.44. The first kappa shape index (κ1) is 17.4. The summed E-state index contributed by atoms with van der Waals surface area (Å²) in [5.74, 6) is 0.584. The number of likely N-dealkylation sites (N-methyl/N-ethyl adjacent to an activating group) is 1. The van der Waals surface area contributed by atoms with E-state index in [0.29, 0.717) is 37.8 Å². The Morgan fingerprint density at radius 1 is 1.22 bits per heavy atom. The summed E-state index contributed by atoms with van der Waals surface area (Å²) in [6.45, 7) is 3.81. The van der Waals surface area contributed by atoms with Gasteiger partial charge in [0.05, 0.1) is 43.0 Å². The van der Waals surface area contributed by atoms with Gasteiger partial charge in [-0.15, -0.1) is 0 Å². The molecule has 4 rings (SSSR count). The van der Waals surface area contributed by atoms with E-state index < -0.39 is 0 Å². The Bertz CT molecular complexity index is 935. The summed E-state index contributed by atoms with van der Waals surface area (Å²) in [4.78, 5) is 29.5. The molecule has 1 aromatic carbocycles. The maximum atomic E-state index is 12.6. The van der Waals surface area contributed by atoms with Crippen molar-refractivity contribution >= 4 is 22.8 Å². The van der Waals surface area contributed by atoms with Gasteiger partial charge >= 0.3 is 0 Å². The van der Waals surface area contributed by atoms with Crippen LogP contribution in [0.25, 0.3) is 11.0 Å². The van der Waals surface area contributed by atoms with Gasteiger partial charge in [0.1, 0.15) is 11.5 Å². The average molecular weight is 366 g/mol. The van der Waals surface area contributed by atoms with Gasteiger partial charge in [-0.05, 0) is 12.1 Å². The van der Waals surface area contributed by atoms with Crippen molar-refractivity contribution in [3.05, 3.63) is 48.7 Å². The van der Waals surface area contributed by atoms with E-state index in [1.54, 1.807) is 11.1 Å². The number of benzene rings is 1. The molecular formula is C19H22N6O2. The van der Waals surface area contributed by atoms with Gasteiger partial charge in [0.25, 0.3) is 5.91 Å². The number of aromatic nitrogens is 4. The number of rotatable bonds is 5. The molecule has 0 unspecified atom stereocenters. The standard InChI is InChI=1S/C19H22N6O2/c1-23(6-7-25-14-21-15-4-2-3-5-17(15)25)18-13-20-12-16(22-18)19(26)24-8-10-27-11-9-24/h2-5,12-14H,6-11H2,1H3. The Kier molecular flexibility index (Phi) is 4.97. The minimum Gasteiger partial charge on any atom is -0.378 e. The van der Waals surface area contributed by atoms with Crippen molar-refractivity contribution in [2.24, 2.45) is 0 Å². The molecule has 8 nitrogen and oxygen atoms in total. The second kappa shape index (κ2) is 7.71. The predicted molar refractivity (Wildman–Crippen MR) is 102 cm³/mol. The number of hydrogen-bond acceptors (Lipinski definition) is 6. The van der Waals surface area contributed by atoms with Crippen LogP contribution < -0.4 is 4.90 Å². The third kappa shape index (κ3) is 3.75. The van der Waals surface area contributed by atoms with Crippen molar-refractivity contribution in [3.8, 4) is 0 Å².